The van der Waals surface area contributed by atoms with Crippen molar-refractivity contribution in [2.75, 3.05) is 13.7 Å². The number of halogens is 6. The van der Waals surface area contributed by atoms with Gasteiger partial charge in [-0.25, -0.2) is 14.6 Å². The van der Waals surface area contributed by atoms with Gasteiger partial charge in [-0.1, -0.05) is 24.3 Å². The summed E-state index contributed by atoms with van der Waals surface area (Å²) in [5, 5.41) is 14.2. The first kappa shape index (κ1) is 32.8. The van der Waals surface area contributed by atoms with Crippen molar-refractivity contribution in [2.45, 2.75) is 37.8 Å². The first-order valence-electron chi connectivity index (χ1n) is 12.5. The molecule has 0 aliphatic carbocycles. The third-order valence-corrected chi connectivity index (χ3v) is 6.26. The summed E-state index contributed by atoms with van der Waals surface area (Å²) in [5.41, 5.74) is 5.93. The fourth-order valence-corrected chi connectivity index (χ4v) is 4.27. The Morgan fingerprint density at radius 3 is 2.12 bits per heavy atom. The number of hydrogen-bond donors (Lipinski definition) is 2. The Morgan fingerprint density at radius 1 is 0.953 bits per heavy atom. The molecule has 0 saturated carbocycles. The molecule has 1 aliphatic heterocycles. The number of aliphatic carboxylic acids is 2. The van der Waals surface area contributed by atoms with Gasteiger partial charge in [0.05, 0.1) is 30.7 Å². The van der Waals surface area contributed by atoms with Crippen molar-refractivity contribution in [3.05, 3.63) is 84.7 Å². The van der Waals surface area contributed by atoms with E-state index in [9.17, 15) is 26.3 Å². The van der Waals surface area contributed by atoms with Gasteiger partial charge in [0.1, 0.15) is 5.75 Å². The summed E-state index contributed by atoms with van der Waals surface area (Å²) >= 11 is 0. The lowest BCUT2D eigenvalue weighted by atomic mass is 10.1. The van der Waals surface area contributed by atoms with E-state index in [1.165, 1.54) is 23.2 Å². The van der Waals surface area contributed by atoms with Crippen LogP contribution in [0.3, 0.4) is 0 Å². The first-order valence-corrected chi connectivity index (χ1v) is 12.5. The van der Waals surface area contributed by atoms with Gasteiger partial charge in [-0.3, -0.25) is 9.88 Å². The number of alkyl halides is 6. The summed E-state index contributed by atoms with van der Waals surface area (Å²) in [4.78, 5) is 29.4. The highest BCUT2D eigenvalue weighted by Gasteiger charge is 2.39. The molecule has 4 aromatic rings. The molecule has 43 heavy (non-hydrogen) atoms. The van der Waals surface area contributed by atoms with E-state index in [-0.39, 0.29) is 0 Å². The molecule has 0 spiro atoms. The maximum atomic E-state index is 10.6. The average molecular weight is 613 g/mol. The number of nitrogens with zero attached hydrogens (tertiary/aromatic N) is 4. The van der Waals surface area contributed by atoms with Crippen LogP contribution in [0.5, 0.6) is 5.75 Å². The Bertz CT molecular complexity index is 1480. The zero-order valence-electron chi connectivity index (χ0n) is 22.5. The van der Waals surface area contributed by atoms with E-state index in [4.69, 9.17) is 29.5 Å². The number of aromatic nitrogens is 3. The van der Waals surface area contributed by atoms with E-state index in [2.05, 4.69) is 50.8 Å². The molecule has 0 amide bonds. The molecule has 9 nitrogen and oxygen atoms in total. The average Bonchev–Trinajstić information content (AvgIpc) is 3.59. The van der Waals surface area contributed by atoms with E-state index in [0.717, 1.165) is 36.4 Å². The van der Waals surface area contributed by atoms with Gasteiger partial charge in [0.2, 0.25) is 0 Å². The van der Waals surface area contributed by atoms with Gasteiger partial charge < -0.3 is 19.4 Å². The van der Waals surface area contributed by atoms with Gasteiger partial charge in [-0.05, 0) is 54.8 Å². The van der Waals surface area contributed by atoms with Crippen LogP contribution in [0, 0.1) is 0 Å². The Kier molecular flexibility index (Phi) is 10.7. The SMILES string of the molecule is COc1ccc(CN2CCCC2c2ncn3cc(-c4cccnc4)ccc23)cc1.O=C(O)C(F)(F)F.O=C(O)C(F)(F)F. The first-order chi connectivity index (χ1) is 20.2. The number of carboxylic acid groups (broad SMARTS) is 2. The predicted molar refractivity (Wildman–Crippen MR) is 141 cm³/mol. The number of hydrogen-bond acceptors (Lipinski definition) is 6. The van der Waals surface area contributed by atoms with Crippen LogP contribution < -0.4 is 4.74 Å². The minimum atomic E-state index is -5.08. The third kappa shape index (κ3) is 9.16. The Labute approximate surface area is 241 Å². The fourth-order valence-electron chi connectivity index (χ4n) is 4.27. The summed E-state index contributed by atoms with van der Waals surface area (Å²) in [6, 6.07) is 17.1. The van der Waals surface area contributed by atoms with E-state index >= 15 is 0 Å². The van der Waals surface area contributed by atoms with Crippen molar-refractivity contribution in [1.82, 2.24) is 19.3 Å². The largest absolute Gasteiger partial charge is 0.497 e. The Hall–Kier alpha value is -4.66. The molecule has 1 aliphatic rings. The Morgan fingerprint density at radius 2 is 1.58 bits per heavy atom. The highest BCUT2D eigenvalue weighted by atomic mass is 19.4. The van der Waals surface area contributed by atoms with Crippen LogP contribution >= 0.6 is 0 Å². The minimum absolute atomic E-state index is 0.353. The van der Waals surface area contributed by atoms with E-state index in [1.54, 1.807) is 13.3 Å². The number of methoxy groups -OCH3 is 1. The van der Waals surface area contributed by atoms with Crippen molar-refractivity contribution in [1.29, 1.82) is 0 Å². The highest BCUT2D eigenvalue weighted by molar-refractivity contribution is 5.73. The number of benzene rings is 1. The molecule has 1 unspecified atom stereocenters. The second kappa shape index (κ2) is 14.0. The molecule has 1 fully saturated rings. The molecule has 230 valence electrons. The summed E-state index contributed by atoms with van der Waals surface area (Å²) in [6.07, 6.45) is -0.0394. The van der Waals surface area contributed by atoms with Gasteiger partial charge in [0.15, 0.2) is 0 Å². The van der Waals surface area contributed by atoms with Crippen molar-refractivity contribution in [3.8, 4) is 16.9 Å². The number of fused-ring (bicyclic) bond motifs is 1. The van der Waals surface area contributed by atoms with Crippen molar-refractivity contribution in [3.63, 3.8) is 0 Å². The highest BCUT2D eigenvalue weighted by Crippen LogP contribution is 2.35. The molecular formula is C28H26F6N4O5. The molecule has 5 rings (SSSR count). The van der Waals surface area contributed by atoms with Gasteiger partial charge >= 0.3 is 24.3 Å². The summed E-state index contributed by atoms with van der Waals surface area (Å²) in [5.74, 6) is -4.61. The molecule has 1 aromatic carbocycles. The van der Waals surface area contributed by atoms with Crippen LogP contribution in [0.4, 0.5) is 26.3 Å². The van der Waals surface area contributed by atoms with Crippen LogP contribution in [0.2, 0.25) is 0 Å². The summed E-state index contributed by atoms with van der Waals surface area (Å²) in [7, 11) is 1.70. The Balaban J connectivity index is 0.000000303. The quantitative estimate of drug-likeness (QED) is 0.263. The topological polar surface area (TPSA) is 117 Å². The lowest BCUT2D eigenvalue weighted by Gasteiger charge is -2.23. The van der Waals surface area contributed by atoms with Crippen LogP contribution in [0.15, 0.2) is 73.4 Å². The van der Waals surface area contributed by atoms with Crippen molar-refractivity contribution in [2.24, 2.45) is 0 Å². The zero-order valence-corrected chi connectivity index (χ0v) is 22.5. The number of pyridine rings is 2. The maximum absolute atomic E-state index is 10.6. The molecule has 0 bridgehead atoms. The number of carbonyl (C=O) groups is 2. The molecule has 1 atom stereocenters. The molecule has 15 heteroatoms. The molecule has 2 N–H and O–H groups in total. The monoisotopic (exact) mass is 612 g/mol. The maximum Gasteiger partial charge on any atom is 0.490 e. The number of carboxylic acids is 2. The third-order valence-electron chi connectivity index (χ3n) is 6.26. The van der Waals surface area contributed by atoms with E-state index in [1.807, 2.05) is 30.7 Å². The number of rotatable bonds is 5. The smallest absolute Gasteiger partial charge is 0.490 e. The lowest BCUT2D eigenvalue weighted by Crippen LogP contribution is -2.23. The zero-order chi connectivity index (χ0) is 31.8. The van der Waals surface area contributed by atoms with Crippen LogP contribution in [0.25, 0.3) is 16.6 Å². The summed E-state index contributed by atoms with van der Waals surface area (Å²) < 4.78 is 70.9. The molecule has 4 heterocycles. The number of imidazole rings is 1. The van der Waals surface area contributed by atoms with Crippen LogP contribution in [-0.2, 0) is 16.1 Å². The van der Waals surface area contributed by atoms with Crippen molar-refractivity contribution < 1.29 is 50.9 Å². The molecule has 3 aromatic heterocycles. The van der Waals surface area contributed by atoms with E-state index in [0.29, 0.717) is 6.04 Å². The molecular weight excluding hydrogens is 586 g/mol. The van der Waals surface area contributed by atoms with Gasteiger partial charge in [-0.15, -0.1) is 0 Å². The predicted octanol–water partition coefficient (Wildman–Crippen LogP) is 6.01. The normalized spacial score (nSPS) is 15.2. The fraction of sp³-hybridized carbons (Fsp3) is 0.286. The van der Waals surface area contributed by atoms with Gasteiger partial charge in [0, 0.05) is 30.7 Å². The number of ether oxygens (including phenoxy) is 1. The standard InChI is InChI=1S/C24H24N4O.2C2HF3O2/c1-29-21-9-6-18(7-10-21)15-27-13-3-5-22(27)24-23-11-8-20(16-28(23)17-26-24)19-4-2-12-25-14-19;2*3-2(4,5)1(6)7/h2,4,6-12,14,16-17,22H,3,5,13,15H2,1H3;2*(H,6,7). The van der Waals surface area contributed by atoms with Gasteiger partial charge in [-0.2, -0.15) is 26.3 Å². The molecule has 0 radical (unpaired) electrons. The minimum Gasteiger partial charge on any atom is -0.497 e. The number of likely N-dealkylation sites (tertiary alicyclic amines) is 1. The van der Waals surface area contributed by atoms with Crippen LogP contribution in [0.1, 0.15) is 30.1 Å². The van der Waals surface area contributed by atoms with E-state index < -0.39 is 24.3 Å². The van der Waals surface area contributed by atoms with Crippen LogP contribution in [-0.4, -0.2) is 67.4 Å². The molecule has 1 saturated heterocycles. The second-order valence-electron chi connectivity index (χ2n) is 9.16. The second-order valence-corrected chi connectivity index (χ2v) is 9.16. The van der Waals surface area contributed by atoms with Gasteiger partial charge in [0.25, 0.3) is 0 Å². The lowest BCUT2D eigenvalue weighted by molar-refractivity contribution is -0.193. The summed E-state index contributed by atoms with van der Waals surface area (Å²) in [6.45, 7) is 2.03. The van der Waals surface area contributed by atoms with Crippen molar-refractivity contribution >= 4 is 17.5 Å².